The van der Waals surface area contributed by atoms with Crippen molar-refractivity contribution in [2.24, 2.45) is 0 Å². The van der Waals surface area contributed by atoms with Gasteiger partial charge in [-0.25, -0.2) is 0 Å². The molecule has 142 valence electrons. The first kappa shape index (κ1) is 18.7. The lowest BCUT2D eigenvalue weighted by atomic mass is 10.1. The highest BCUT2D eigenvalue weighted by Gasteiger charge is 2.22. The highest BCUT2D eigenvalue weighted by molar-refractivity contribution is 7.71. The molecule has 0 amide bonds. The molecule has 1 aromatic carbocycles. The summed E-state index contributed by atoms with van der Waals surface area (Å²) in [4.78, 5) is 1.63. The van der Waals surface area contributed by atoms with Crippen LogP contribution in [0.15, 0.2) is 16.5 Å². The number of rotatable bonds is 6. The molecular formula is C17H24N3O5S+. The number of hydrogen-bond donors (Lipinski definition) is 2. The zero-order chi connectivity index (χ0) is 18.7. The molecule has 0 atom stereocenters. The third-order valence-electron chi connectivity index (χ3n) is 4.55. The summed E-state index contributed by atoms with van der Waals surface area (Å²) in [6, 6.07) is 3.55. The maximum atomic E-state index is 9.63. The number of ether oxygens (including phenoxy) is 3. The Morgan fingerprint density at radius 1 is 1.19 bits per heavy atom. The van der Waals surface area contributed by atoms with Gasteiger partial charge < -0.3 is 28.6 Å². The first-order valence-corrected chi connectivity index (χ1v) is 8.86. The minimum Gasteiger partial charge on any atom is -0.493 e. The lowest BCUT2D eigenvalue weighted by molar-refractivity contribution is -0.929. The quantitative estimate of drug-likeness (QED) is 0.718. The second-order valence-corrected chi connectivity index (χ2v) is 6.58. The van der Waals surface area contributed by atoms with Gasteiger partial charge in [-0.05, 0) is 24.4 Å². The predicted molar refractivity (Wildman–Crippen MR) is 96.4 cm³/mol. The summed E-state index contributed by atoms with van der Waals surface area (Å²) in [5.74, 6) is 1.94. The highest BCUT2D eigenvalue weighted by Crippen LogP contribution is 2.40. The van der Waals surface area contributed by atoms with Crippen molar-refractivity contribution in [3.8, 4) is 28.7 Å². The van der Waals surface area contributed by atoms with Crippen LogP contribution in [0.25, 0.3) is 11.5 Å². The number of aliphatic hydroxyl groups excluding tert-OH is 1. The van der Waals surface area contributed by atoms with Crippen LogP contribution in [-0.2, 0) is 6.67 Å². The molecule has 2 N–H and O–H groups in total. The summed E-state index contributed by atoms with van der Waals surface area (Å²) < 4.78 is 23.5. The smallest absolute Gasteiger partial charge is 0.292 e. The fourth-order valence-electron chi connectivity index (χ4n) is 3.11. The molecule has 0 unspecified atom stereocenters. The molecule has 1 saturated heterocycles. The molecule has 1 fully saturated rings. The largest absolute Gasteiger partial charge is 0.493 e. The summed E-state index contributed by atoms with van der Waals surface area (Å²) in [5.41, 5.74) is 0.688. The van der Waals surface area contributed by atoms with E-state index >= 15 is 0 Å². The van der Waals surface area contributed by atoms with E-state index in [0.717, 1.165) is 25.9 Å². The van der Waals surface area contributed by atoms with Crippen LogP contribution in [0.3, 0.4) is 0 Å². The van der Waals surface area contributed by atoms with Crippen LogP contribution in [0.1, 0.15) is 12.8 Å². The molecule has 26 heavy (non-hydrogen) atoms. The summed E-state index contributed by atoms with van der Waals surface area (Å²) in [7, 11) is 4.67. The minimum atomic E-state index is -0.196. The Morgan fingerprint density at radius 3 is 2.35 bits per heavy atom. The van der Waals surface area contributed by atoms with Crippen LogP contribution < -0.4 is 19.1 Å². The molecule has 1 aliphatic heterocycles. The topological polar surface area (TPSA) is 83.3 Å². The van der Waals surface area contributed by atoms with E-state index in [1.54, 1.807) is 38.1 Å². The van der Waals surface area contributed by atoms with E-state index in [-0.39, 0.29) is 6.10 Å². The number of hydrogen-bond acceptors (Lipinski definition) is 7. The molecule has 2 aromatic rings. The van der Waals surface area contributed by atoms with Gasteiger partial charge in [0.05, 0.1) is 40.5 Å². The number of nitrogens with zero attached hydrogens (tertiary/aromatic N) is 2. The van der Waals surface area contributed by atoms with Crippen molar-refractivity contribution in [3.05, 3.63) is 17.0 Å². The van der Waals surface area contributed by atoms with E-state index in [2.05, 4.69) is 5.10 Å². The fourth-order valence-corrected chi connectivity index (χ4v) is 3.29. The van der Waals surface area contributed by atoms with Gasteiger partial charge in [0.2, 0.25) is 11.6 Å². The number of aliphatic hydroxyl groups is 1. The van der Waals surface area contributed by atoms with Crippen molar-refractivity contribution in [1.29, 1.82) is 0 Å². The average Bonchev–Trinajstić information content (AvgIpc) is 3.02. The van der Waals surface area contributed by atoms with Crippen LogP contribution in [0.5, 0.6) is 17.2 Å². The van der Waals surface area contributed by atoms with Gasteiger partial charge in [-0.3, -0.25) is 0 Å². The maximum absolute atomic E-state index is 9.63. The molecule has 0 radical (unpaired) electrons. The molecule has 2 heterocycles. The molecule has 0 saturated carbocycles. The number of likely N-dealkylation sites (tertiary alicyclic amines) is 1. The van der Waals surface area contributed by atoms with Crippen molar-refractivity contribution in [2.45, 2.75) is 25.6 Å². The predicted octanol–water partition coefficient (Wildman–Crippen LogP) is 0.895. The number of aromatic nitrogens is 2. The Balaban J connectivity index is 1.87. The van der Waals surface area contributed by atoms with E-state index in [1.807, 2.05) is 0 Å². The lowest BCUT2D eigenvalue weighted by Crippen LogP contribution is -3.12. The number of quaternary nitrogens is 1. The molecule has 0 bridgehead atoms. The lowest BCUT2D eigenvalue weighted by Gasteiger charge is -2.25. The van der Waals surface area contributed by atoms with Crippen molar-refractivity contribution in [2.75, 3.05) is 34.4 Å². The monoisotopic (exact) mass is 382 g/mol. The third kappa shape index (κ3) is 3.84. The summed E-state index contributed by atoms with van der Waals surface area (Å²) >= 11 is 5.32. The number of benzene rings is 1. The van der Waals surface area contributed by atoms with Crippen molar-refractivity contribution in [3.63, 3.8) is 0 Å². The summed E-state index contributed by atoms with van der Waals surface area (Å²) in [5, 5.41) is 14.1. The molecule has 1 aromatic heterocycles. The molecular weight excluding hydrogens is 358 g/mol. The Labute approximate surface area is 156 Å². The van der Waals surface area contributed by atoms with Gasteiger partial charge >= 0.3 is 0 Å². The molecule has 0 spiro atoms. The number of piperidine rings is 1. The molecule has 3 rings (SSSR count). The zero-order valence-electron chi connectivity index (χ0n) is 15.2. The fraction of sp³-hybridized carbons (Fsp3) is 0.529. The van der Waals surface area contributed by atoms with E-state index in [0.29, 0.717) is 40.2 Å². The normalized spacial score (nSPS) is 20.0. The molecule has 9 heteroatoms. The SMILES string of the molecule is COc1cc(-c2nn(C[NH+]3CCC(O)CC3)c(=S)o2)cc(OC)c1OC. The Bertz CT molecular complexity index is 786. The second kappa shape index (κ2) is 8.07. The van der Waals surface area contributed by atoms with E-state index < -0.39 is 0 Å². The zero-order valence-corrected chi connectivity index (χ0v) is 16.0. The van der Waals surface area contributed by atoms with Crippen LogP contribution >= 0.6 is 12.2 Å². The number of methoxy groups -OCH3 is 3. The van der Waals surface area contributed by atoms with Gasteiger partial charge in [0.15, 0.2) is 18.2 Å². The van der Waals surface area contributed by atoms with Gasteiger partial charge in [-0.1, -0.05) is 0 Å². The Morgan fingerprint density at radius 2 is 1.81 bits per heavy atom. The van der Waals surface area contributed by atoms with Crippen LogP contribution in [0.2, 0.25) is 0 Å². The Hall–Kier alpha value is -2.10. The van der Waals surface area contributed by atoms with Crippen molar-refractivity contribution in [1.82, 2.24) is 9.78 Å². The molecule has 1 aliphatic rings. The molecule has 8 nitrogen and oxygen atoms in total. The summed E-state index contributed by atoms with van der Waals surface area (Å²) in [6.45, 7) is 2.38. The summed E-state index contributed by atoms with van der Waals surface area (Å²) in [6.07, 6.45) is 1.39. The molecule has 0 aliphatic carbocycles. The van der Waals surface area contributed by atoms with Gasteiger partial charge in [0.25, 0.3) is 4.84 Å². The van der Waals surface area contributed by atoms with Crippen molar-refractivity contribution >= 4 is 12.2 Å². The highest BCUT2D eigenvalue weighted by atomic mass is 32.1. The average molecular weight is 382 g/mol. The van der Waals surface area contributed by atoms with Crippen LogP contribution in [0.4, 0.5) is 0 Å². The van der Waals surface area contributed by atoms with Crippen molar-refractivity contribution < 1.29 is 28.6 Å². The van der Waals surface area contributed by atoms with Crippen LogP contribution in [0, 0.1) is 4.84 Å². The van der Waals surface area contributed by atoms with Gasteiger partial charge in [0.1, 0.15) is 0 Å². The Kier molecular flexibility index (Phi) is 5.80. The maximum Gasteiger partial charge on any atom is 0.292 e. The van der Waals surface area contributed by atoms with E-state index in [4.69, 9.17) is 30.8 Å². The minimum absolute atomic E-state index is 0.196. The third-order valence-corrected chi connectivity index (χ3v) is 4.85. The first-order valence-electron chi connectivity index (χ1n) is 8.45. The number of nitrogens with one attached hydrogen (secondary N) is 1. The first-order chi connectivity index (χ1) is 12.5. The standard InChI is InChI=1S/C17H23N3O5S/c1-22-13-8-11(9-14(23-2)15(13)24-3)16-18-20(17(26)25-16)10-19-6-4-12(21)5-7-19/h8-9,12,21H,4-7,10H2,1-3H3/p+1. The second-order valence-electron chi connectivity index (χ2n) is 6.23. The van der Waals surface area contributed by atoms with Crippen LogP contribution in [-0.4, -0.2) is 55.4 Å². The van der Waals surface area contributed by atoms with E-state index in [1.165, 1.54) is 4.90 Å². The van der Waals surface area contributed by atoms with Gasteiger partial charge in [-0.2, -0.15) is 4.68 Å². The van der Waals surface area contributed by atoms with Gasteiger partial charge in [0, 0.05) is 18.4 Å². The van der Waals surface area contributed by atoms with Gasteiger partial charge in [-0.15, -0.1) is 5.10 Å². The van der Waals surface area contributed by atoms with E-state index in [9.17, 15) is 5.11 Å².